The molecule has 4 rings (SSSR count). The maximum atomic E-state index is 13.7. The van der Waals surface area contributed by atoms with Crippen LogP contribution in [0.5, 0.6) is 11.5 Å². The highest BCUT2D eigenvalue weighted by Crippen LogP contribution is 2.39. The normalized spacial score (nSPS) is 15.4. The van der Waals surface area contributed by atoms with Crippen molar-refractivity contribution in [3.05, 3.63) is 65.5 Å². The van der Waals surface area contributed by atoms with E-state index in [9.17, 15) is 4.79 Å². The van der Waals surface area contributed by atoms with Gasteiger partial charge < -0.3 is 19.3 Å². The summed E-state index contributed by atoms with van der Waals surface area (Å²) in [4.78, 5) is 27.0. The fourth-order valence-corrected chi connectivity index (χ4v) is 4.41. The summed E-state index contributed by atoms with van der Waals surface area (Å²) in [6.07, 6.45) is 3.59. The third kappa shape index (κ3) is 4.35. The zero-order valence-corrected chi connectivity index (χ0v) is 19.8. The first kappa shape index (κ1) is 22.6. The van der Waals surface area contributed by atoms with E-state index >= 15 is 0 Å². The number of carbonyl (C=O) groups is 1. The van der Waals surface area contributed by atoms with Crippen LogP contribution in [0, 0.1) is 6.92 Å². The first-order valence-electron chi connectivity index (χ1n) is 11.1. The quantitative estimate of drug-likeness (QED) is 0.555. The molecular weight excluding hydrogens is 416 g/mol. The molecule has 2 heterocycles. The number of carbonyl (C=O) groups excluding carboxylic acids is 1. The highest BCUT2D eigenvalue weighted by atomic mass is 16.5. The van der Waals surface area contributed by atoms with E-state index < -0.39 is 0 Å². The molecule has 0 bridgehead atoms. The molecule has 1 aliphatic heterocycles. The average molecular weight is 447 g/mol. The predicted octanol–water partition coefficient (Wildman–Crippen LogP) is 4.51. The van der Waals surface area contributed by atoms with Gasteiger partial charge in [0, 0.05) is 32.4 Å². The standard InChI is InChI=1S/C26H30N4O3/c1-17-9-6-12-20(24(17)33-5)25(31)30-14-8-13-22(30)23-21(16-27-26(28-23)29(2)3)18-10-7-11-19(15-18)32-4/h6-7,9-12,15-16,22H,8,13-14H2,1-5H3/t22-/m0/s1. The second-order valence-electron chi connectivity index (χ2n) is 8.41. The molecule has 0 unspecified atom stereocenters. The fraction of sp³-hybridized carbons (Fsp3) is 0.346. The molecule has 1 fully saturated rings. The van der Waals surface area contributed by atoms with Crippen LogP contribution >= 0.6 is 0 Å². The minimum atomic E-state index is -0.161. The van der Waals surface area contributed by atoms with E-state index in [1.165, 1.54) is 0 Å². The number of para-hydroxylation sites is 1. The Bertz CT molecular complexity index is 1160. The summed E-state index contributed by atoms with van der Waals surface area (Å²) in [5.74, 6) is 1.96. The molecular formula is C26H30N4O3. The molecule has 7 heteroatoms. The molecule has 1 aromatic heterocycles. The second kappa shape index (κ2) is 9.48. The van der Waals surface area contributed by atoms with Crippen LogP contribution in [0.4, 0.5) is 5.95 Å². The topological polar surface area (TPSA) is 67.8 Å². The third-order valence-corrected chi connectivity index (χ3v) is 6.06. The van der Waals surface area contributed by atoms with Crippen LogP contribution in [-0.2, 0) is 0 Å². The first-order valence-corrected chi connectivity index (χ1v) is 11.1. The van der Waals surface area contributed by atoms with Gasteiger partial charge in [0.15, 0.2) is 0 Å². The smallest absolute Gasteiger partial charge is 0.258 e. The van der Waals surface area contributed by atoms with Crippen molar-refractivity contribution in [3.63, 3.8) is 0 Å². The number of rotatable bonds is 6. The number of benzene rings is 2. The molecule has 0 aliphatic carbocycles. The highest BCUT2D eigenvalue weighted by Gasteiger charge is 2.35. The number of likely N-dealkylation sites (tertiary alicyclic amines) is 1. The summed E-state index contributed by atoms with van der Waals surface area (Å²) >= 11 is 0. The van der Waals surface area contributed by atoms with E-state index in [4.69, 9.17) is 14.5 Å². The molecule has 3 aromatic rings. The number of methoxy groups -OCH3 is 2. The van der Waals surface area contributed by atoms with Crippen LogP contribution in [0.15, 0.2) is 48.7 Å². The average Bonchev–Trinajstić information content (AvgIpc) is 3.33. The number of anilines is 1. The van der Waals surface area contributed by atoms with E-state index in [1.54, 1.807) is 14.2 Å². The molecule has 33 heavy (non-hydrogen) atoms. The van der Waals surface area contributed by atoms with E-state index in [-0.39, 0.29) is 11.9 Å². The minimum absolute atomic E-state index is 0.0420. The van der Waals surface area contributed by atoms with E-state index in [0.29, 0.717) is 23.8 Å². The van der Waals surface area contributed by atoms with Gasteiger partial charge in [0.05, 0.1) is 31.5 Å². The van der Waals surface area contributed by atoms with E-state index in [0.717, 1.165) is 41.0 Å². The van der Waals surface area contributed by atoms with Crippen molar-refractivity contribution in [1.29, 1.82) is 0 Å². The van der Waals surface area contributed by atoms with Crippen LogP contribution in [-0.4, -0.2) is 55.6 Å². The lowest BCUT2D eigenvalue weighted by atomic mass is 9.99. The summed E-state index contributed by atoms with van der Waals surface area (Å²) in [5.41, 5.74) is 4.23. The van der Waals surface area contributed by atoms with Gasteiger partial charge in [-0.15, -0.1) is 0 Å². The van der Waals surface area contributed by atoms with Gasteiger partial charge >= 0.3 is 0 Å². The Morgan fingerprint density at radius 2 is 1.91 bits per heavy atom. The molecule has 0 radical (unpaired) electrons. The van der Waals surface area contributed by atoms with Gasteiger partial charge in [-0.1, -0.05) is 24.3 Å². The summed E-state index contributed by atoms with van der Waals surface area (Å²) in [6.45, 7) is 2.62. The fourth-order valence-electron chi connectivity index (χ4n) is 4.41. The van der Waals surface area contributed by atoms with Crippen LogP contribution in [0.3, 0.4) is 0 Å². The zero-order valence-electron chi connectivity index (χ0n) is 19.8. The molecule has 0 spiro atoms. The number of nitrogens with zero attached hydrogens (tertiary/aromatic N) is 4. The largest absolute Gasteiger partial charge is 0.497 e. The zero-order chi connectivity index (χ0) is 23.5. The van der Waals surface area contributed by atoms with Gasteiger partial charge in [-0.3, -0.25) is 4.79 Å². The lowest BCUT2D eigenvalue weighted by molar-refractivity contribution is 0.0729. The predicted molar refractivity (Wildman–Crippen MR) is 129 cm³/mol. The SMILES string of the molecule is COc1cccc(-c2cnc(N(C)C)nc2[C@@H]2CCCN2C(=O)c2cccc(C)c2OC)c1. The van der Waals surface area contributed by atoms with Crippen molar-refractivity contribution in [2.45, 2.75) is 25.8 Å². The van der Waals surface area contributed by atoms with Crippen molar-refractivity contribution < 1.29 is 14.3 Å². The van der Waals surface area contributed by atoms with Crippen LogP contribution in [0.2, 0.25) is 0 Å². The summed E-state index contributed by atoms with van der Waals surface area (Å²) < 4.78 is 11.0. The van der Waals surface area contributed by atoms with Crippen LogP contribution in [0.25, 0.3) is 11.1 Å². The van der Waals surface area contributed by atoms with Crippen LogP contribution in [0.1, 0.15) is 40.5 Å². The first-order chi connectivity index (χ1) is 15.9. The Labute approximate surface area is 195 Å². The third-order valence-electron chi connectivity index (χ3n) is 6.06. The molecule has 2 aromatic carbocycles. The van der Waals surface area contributed by atoms with E-state index in [2.05, 4.69) is 4.98 Å². The maximum absolute atomic E-state index is 13.7. The van der Waals surface area contributed by atoms with Gasteiger partial charge in [-0.2, -0.15) is 0 Å². The maximum Gasteiger partial charge on any atom is 0.258 e. The lowest BCUT2D eigenvalue weighted by Gasteiger charge is -2.27. The molecule has 1 saturated heterocycles. The van der Waals surface area contributed by atoms with Crippen molar-refractivity contribution in [2.75, 3.05) is 39.8 Å². The number of hydrogen-bond acceptors (Lipinski definition) is 6. The Hall–Kier alpha value is -3.61. The highest BCUT2D eigenvalue weighted by molar-refractivity contribution is 5.98. The Balaban J connectivity index is 1.80. The number of aromatic nitrogens is 2. The Morgan fingerprint density at radius 1 is 1.12 bits per heavy atom. The molecule has 1 atom stereocenters. The molecule has 0 N–H and O–H groups in total. The van der Waals surface area contributed by atoms with Crippen molar-refractivity contribution in [3.8, 4) is 22.6 Å². The molecule has 1 aliphatic rings. The van der Waals surface area contributed by atoms with Crippen molar-refractivity contribution in [2.24, 2.45) is 0 Å². The molecule has 0 saturated carbocycles. The number of ether oxygens (including phenoxy) is 2. The number of hydrogen-bond donors (Lipinski definition) is 0. The van der Waals surface area contributed by atoms with Gasteiger partial charge in [-0.05, 0) is 49.1 Å². The van der Waals surface area contributed by atoms with Crippen LogP contribution < -0.4 is 14.4 Å². The molecule has 7 nitrogen and oxygen atoms in total. The summed E-state index contributed by atoms with van der Waals surface area (Å²) in [5, 5.41) is 0. The second-order valence-corrected chi connectivity index (χ2v) is 8.41. The van der Waals surface area contributed by atoms with Gasteiger partial charge in [0.25, 0.3) is 5.91 Å². The Kier molecular flexibility index (Phi) is 6.49. The number of amides is 1. The minimum Gasteiger partial charge on any atom is -0.497 e. The molecule has 172 valence electrons. The summed E-state index contributed by atoms with van der Waals surface area (Å²) in [7, 11) is 7.09. The summed E-state index contributed by atoms with van der Waals surface area (Å²) in [6, 6.07) is 13.4. The van der Waals surface area contributed by atoms with Gasteiger partial charge in [0.1, 0.15) is 11.5 Å². The van der Waals surface area contributed by atoms with Gasteiger partial charge in [-0.25, -0.2) is 9.97 Å². The lowest BCUT2D eigenvalue weighted by Crippen LogP contribution is -2.32. The van der Waals surface area contributed by atoms with Gasteiger partial charge in [0.2, 0.25) is 5.95 Å². The van der Waals surface area contributed by atoms with E-state index in [1.807, 2.05) is 79.5 Å². The number of aryl methyl sites for hydroxylation is 1. The molecule has 1 amide bonds. The Morgan fingerprint density at radius 3 is 2.64 bits per heavy atom. The van der Waals surface area contributed by atoms with Crippen molar-refractivity contribution in [1.82, 2.24) is 14.9 Å². The van der Waals surface area contributed by atoms with Crippen molar-refractivity contribution >= 4 is 11.9 Å². The monoisotopic (exact) mass is 446 g/mol.